The first-order chi connectivity index (χ1) is 14.0. The monoisotopic (exact) mass is 484 g/mol. The van der Waals surface area contributed by atoms with Crippen LogP contribution in [0.5, 0.6) is 0 Å². The molecule has 0 aromatic carbocycles. The van der Waals surface area contributed by atoms with E-state index in [4.69, 9.17) is 4.55 Å². The van der Waals surface area contributed by atoms with Gasteiger partial charge in [-0.25, -0.2) is 4.74 Å². The Morgan fingerprint density at radius 2 is 1.45 bits per heavy atom. The third kappa shape index (κ3) is 3.40. The molecule has 0 aromatic rings. The summed E-state index contributed by atoms with van der Waals surface area (Å²) in [5, 5.41) is -6.55. The molecule has 4 aliphatic rings. The first-order valence-corrected chi connectivity index (χ1v) is 11.3. The number of hydrogen-bond donors (Lipinski definition) is 1. The van der Waals surface area contributed by atoms with E-state index < -0.39 is 46.4 Å². The van der Waals surface area contributed by atoms with Gasteiger partial charge >= 0.3 is 33.5 Å². The number of fused-ring (bicyclic) bond motifs is 9. The smallest absolute Gasteiger partial charge is 0.281 e. The van der Waals surface area contributed by atoms with E-state index in [0.717, 1.165) is 12.8 Å². The van der Waals surface area contributed by atoms with Crippen molar-refractivity contribution in [3.63, 3.8) is 0 Å². The van der Waals surface area contributed by atoms with E-state index >= 15 is 0 Å². The Balaban J connectivity index is 1.41. The second kappa shape index (κ2) is 6.78. The van der Waals surface area contributed by atoms with E-state index in [-0.39, 0.29) is 11.8 Å². The lowest BCUT2D eigenvalue weighted by atomic mass is 9.68. The van der Waals surface area contributed by atoms with Crippen LogP contribution in [0.1, 0.15) is 32.1 Å². The number of ether oxygens (including phenoxy) is 1. The van der Waals surface area contributed by atoms with Crippen molar-refractivity contribution in [2.24, 2.45) is 41.4 Å². The minimum atomic E-state index is -6.91. The maximum atomic E-state index is 14.1. The highest BCUT2D eigenvalue weighted by Gasteiger charge is 2.74. The zero-order valence-electron chi connectivity index (χ0n) is 15.8. The summed E-state index contributed by atoms with van der Waals surface area (Å²) in [7, 11) is -6.91. The van der Waals surface area contributed by atoms with Gasteiger partial charge in [0, 0.05) is 6.42 Å². The molecule has 0 aliphatic heterocycles. The van der Waals surface area contributed by atoms with E-state index in [1.165, 1.54) is 0 Å². The predicted octanol–water partition coefficient (Wildman–Crippen LogP) is 5.18. The van der Waals surface area contributed by atoms with Crippen LogP contribution in [0.3, 0.4) is 0 Å². The normalized spacial score (nSPS) is 37.6. The highest BCUT2D eigenvalue weighted by atomic mass is 32.2. The van der Waals surface area contributed by atoms with Crippen LogP contribution >= 0.6 is 0 Å². The molecule has 13 heteroatoms. The molecule has 0 heterocycles. The molecule has 4 aliphatic carbocycles. The molecule has 31 heavy (non-hydrogen) atoms. The number of halogens is 8. The second-order valence-electron chi connectivity index (χ2n) is 9.13. The van der Waals surface area contributed by atoms with Crippen LogP contribution in [0.15, 0.2) is 12.2 Å². The first kappa shape index (κ1) is 23.2. The third-order valence-electron chi connectivity index (χ3n) is 7.58. The fraction of sp³-hybridized carbons (Fsp3) is 0.889. The van der Waals surface area contributed by atoms with Crippen molar-refractivity contribution in [2.75, 3.05) is 0 Å². The van der Waals surface area contributed by atoms with Crippen LogP contribution in [0.4, 0.5) is 35.1 Å². The van der Waals surface area contributed by atoms with Crippen molar-refractivity contribution in [2.45, 2.75) is 55.5 Å². The Bertz CT molecular complexity index is 874. The molecule has 7 atom stereocenters. The lowest BCUT2D eigenvalue weighted by Gasteiger charge is -2.37. The fourth-order valence-corrected chi connectivity index (χ4v) is 6.78. The number of rotatable bonds is 8. The van der Waals surface area contributed by atoms with E-state index in [1.54, 1.807) is 0 Å². The number of alkyl halides is 8. The van der Waals surface area contributed by atoms with Gasteiger partial charge in [0.2, 0.25) is 0 Å². The zero-order valence-corrected chi connectivity index (χ0v) is 16.7. The second-order valence-corrected chi connectivity index (χ2v) is 10.6. The Labute approximate surface area is 172 Å². The molecule has 0 saturated heterocycles. The van der Waals surface area contributed by atoms with Gasteiger partial charge in [-0.15, -0.1) is 0 Å². The maximum Gasteiger partial charge on any atom is 0.460 e. The van der Waals surface area contributed by atoms with Crippen LogP contribution < -0.4 is 0 Å². The Morgan fingerprint density at radius 3 is 2.03 bits per heavy atom. The standard InChI is InChI=1S/C18H20F8O4S/c19-15(20,16(21,22)30-17(23,24)18(25,26)31(27,28)29)4-3-8-5-11-7-12(8)14-10-2-1-9(6-10)13(11)14/h1-2,8-14H,3-7H2,(H,27,28,29). The molecule has 0 radical (unpaired) electrons. The van der Waals surface area contributed by atoms with Gasteiger partial charge in [0.15, 0.2) is 0 Å². The van der Waals surface area contributed by atoms with Crippen LogP contribution in [-0.4, -0.2) is 36.4 Å². The zero-order chi connectivity index (χ0) is 23.2. The molecule has 3 fully saturated rings. The molecule has 3 saturated carbocycles. The molecule has 4 bridgehead atoms. The van der Waals surface area contributed by atoms with Crippen LogP contribution in [-0.2, 0) is 14.9 Å². The summed E-state index contributed by atoms with van der Waals surface area (Å²) in [5.41, 5.74) is 0. The average Bonchev–Trinajstić information content (AvgIpc) is 3.36. The first-order valence-electron chi connectivity index (χ1n) is 9.85. The Kier molecular flexibility index (Phi) is 5.08. The molecular weight excluding hydrogens is 464 g/mol. The summed E-state index contributed by atoms with van der Waals surface area (Å²) in [6, 6.07) is 0. The molecule has 4 rings (SSSR count). The summed E-state index contributed by atoms with van der Waals surface area (Å²) in [6.07, 6.45) is -8.11. The van der Waals surface area contributed by atoms with Crippen molar-refractivity contribution in [1.29, 1.82) is 0 Å². The van der Waals surface area contributed by atoms with Gasteiger partial charge in [-0.05, 0) is 67.1 Å². The van der Waals surface area contributed by atoms with Crippen molar-refractivity contribution in [1.82, 2.24) is 0 Å². The summed E-state index contributed by atoms with van der Waals surface area (Å²) in [6.45, 7) is 0. The number of hydrogen-bond acceptors (Lipinski definition) is 3. The van der Waals surface area contributed by atoms with Crippen molar-refractivity contribution >= 4 is 10.1 Å². The minimum absolute atomic E-state index is 0.0607. The molecule has 0 spiro atoms. The van der Waals surface area contributed by atoms with Gasteiger partial charge in [0.1, 0.15) is 0 Å². The molecule has 4 nitrogen and oxygen atoms in total. The summed E-state index contributed by atoms with van der Waals surface area (Å²) in [4.78, 5) is 0. The molecule has 0 aromatic heterocycles. The van der Waals surface area contributed by atoms with Crippen LogP contribution in [0.25, 0.3) is 0 Å². The molecule has 1 N–H and O–H groups in total. The van der Waals surface area contributed by atoms with Crippen molar-refractivity contribution in [3.05, 3.63) is 12.2 Å². The molecule has 0 amide bonds. The highest BCUT2D eigenvalue weighted by Crippen LogP contribution is 2.67. The molecule has 178 valence electrons. The summed E-state index contributed by atoms with van der Waals surface area (Å²) >= 11 is 0. The maximum absolute atomic E-state index is 14.1. The largest absolute Gasteiger partial charge is 0.460 e. The van der Waals surface area contributed by atoms with Crippen LogP contribution in [0, 0.1) is 41.4 Å². The van der Waals surface area contributed by atoms with E-state index in [9.17, 15) is 43.5 Å². The molecular formula is C18H20F8O4S. The van der Waals surface area contributed by atoms with E-state index in [1.807, 2.05) is 0 Å². The van der Waals surface area contributed by atoms with Crippen LogP contribution in [0.2, 0.25) is 0 Å². The van der Waals surface area contributed by atoms with Crippen molar-refractivity contribution < 1.29 is 52.8 Å². The Hall–Kier alpha value is -0.950. The van der Waals surface area contributed by atoms with Gasteiger partial charge in [-0.2, -0.15) is 43.5 Å². The average molecular weight is 484 g/mol. The lowest BCUT2D eigenvalue weighted by Crippen LogP contribution is -2.55. The fourth-order valence-electron chi connectivity index (χ4n) is 6.44. The van der Waals surface area contributed by atoms with Gasteiger partial charge in [0.05, 0.1) is 0 Å². The third-order valence-corrected chi connectivity index (χ3v) is 8.47. The predicted molar refractivity (Wildman–Crippen MR) is 89.1 cm³/mol. The van der Waals surface area contributed by atoms with E-state index in [2.05, 4.69) is 16.9 Å². The molecule has 7 unspecified atom stereocenters. The van der Waals surface area contributed by atoms with E-state index in [0.29, 0.717) is 36.0 Å². The van der Waals surface area contributed by atoms with Crippen molar-refractivity contribution in [3.8, 4) is 0 Å². The highest BCUT2D eigenvalue weighted by molar-refractivity contribution is 7.86. The summed E-state index contributed by atoms with van der Waals surface area (Å²) in [5.74, 6) is -3.68. The van der Waals surface area contributed by atoms with Gasteiger partial charge in [-0.1, -0.05) is 12.2 Å². The van der Waals surface area contributed by atoms with Gasteiger partial charge < -0.3 is 0 Å². The number of allylic oxidation sites excluding steroid dienone is 2. The van der Waals surface area contributed by atoms with Gasteiger partial charge in [-0.3, -0.25) is 4.55 Å². The quantitative estimate of drug-likeness (QED) is 0.223. The SMILES string of the molecule is O=S(=O)(O)C(F)(F)C(F)(F)OC(F)(F)C(F)(F)CCC1CC2CC1C1C3C=CC(C3)C21. The Morgan fingerprint density at radius 1 is 0.871 bits per heavy atom. The minimum Gasteiger partial charge on any atom is -0.281 e. The summed E-state index contributed by atoms with van der Waals surface area (Å²) < 4.78 is 140. The van der Waals surface area contributed by atoms with Gasteiger partial charge in [0.25, 0.3) is 0 Å². The lowest BCUT2D eigenvalue weighted by molar-refractivity contribution is -0.456. The topological polar surface area (TPSA) is 63.6 Å².